The van der Waals surface area contributed by atoms with Crippen LogP contribution < -0.4 is 5.32 Å². The number of hydrogen-bond donors (Lipinski definition) is 1. The van der Waals surface area contributed by atoms with E-state index < -0.39 is 0 Å². The molecule has 0 saturated carbocycles. The standard InChI is InChI=1S/C12H26N2S/c1-3-12-11-14(9-7-13-12)8-5-4-6-10-15-2/h12-13H,3-11H2,1-2H3. The van der Waals surface area contributed by atoms with E-state index in [1.54, 1.807) is 0 Å². The molecule has 90 valence electrons. The Labute approximate surface area is 99.2 Å². The van der Waals surface area contributed by atoms with E-state index in [1.807, 2.05) is 11.8 Å². The van der Waals surface area contributed by atoms with E-state index in [0.717, 1.165) is 6.04 Å². The lowest BCUT2D eigenvalue weighted by Gasteiger charge is -2.33. The molecular formula is C12H26N2S. The summed E-state index contributed by atoms with van der Waals surface area (Å²) in [6.07, 6.45) is 7.65. The summed E-state index contributed by atoms with van der Waals surface area (Å²) < 4.78 is 0. The summed E-state index contributed by atoms with van der Waals surface area (Å²) >= 11 is 1.97. The number of piperazine rings is 1. The first-order chi connectivity index (χ1) is 7.36. The highest BCUT2D eigenvalue weighted by Crippen LogP contribution is 2.06. The Hall–Kier alpha value is 0.270. The topological polar surface area (TPSA) is 15.3 Å². The van der Waals surface area contributed by atoms with Gasteiger partial charge in [-0.3, -0.25) is 0 Å². The number of rotatable bonds is 7. The molecule has 3 heteroatoms. The normalized spacial score (nSPS) is 23.2. The number of nitrogens with one attached hydrogen (secondary N) is 1. The van der Waals surface area contributed by atoms with Gasteiger partial charge in [-0.2, -0.15) is 11.8 Å². The number of unbranched alkanes of at least 4 members (excludes halogenated alkanes) is 2. The minimum atomic E-state index is 0.741. The molecule has 1 rings (SSSR count). The minimum absolute atomic E-state index is 0.741. The third kappa shape index (κ3) is 5.79. The Bertz CT molecular complexity index is 153. The van der Waals surface area contributed by atoms with E-state index in [2.05, 4.69) is 23.4 Å². The van der Waals surface area contributed by atoms with Crippen LogP contribution in [0.3, 0.4) is 0 Å². The molecule has 1 heterocycles. The van der Waals surface area contributed by atoms with Crippen LogP contribution in [-0.2, 0) is 0 Å². The SMILES string of the molecule is CCC1CN(CCCCCSC)CCN1. The molecule has 0 spiro atoms. The fraction of sp³-hybridized carbons (Fsp3) is 1.00. The van der Waals surface area contributed by atoms with Crippen LogP contribution in [0, 0.1) is 0 Å². The zero-order valence-corrected chi connectivity index (χ0v) is 11.1. The van der Waals surface area contributed by atoms with Crippen LogP contribution in [-0.4, -0.2) is 49.1 Å². The summed E-state index contributed by atoms with van der Waals surface area (Å²) in [6.45, 7) is 7.29. The summed E-state index contributed by atoms with van der Waals surface area (Å²) in [7, 11) is 0. The molecule has 15 heavy (non-hydrogen) atoms. The van der Waals surface area contributed by atoms with Crippen molar-refractivity contribution < 1.29 is 0 Å². The van der Waals surface area contributed by atoms with Crippen LogP contribution in [0.2, 0.25) is 0 Å². The van der Waals surface area contributed by atoms with Gasteiger partial charge in [0.15, 0.2) is 0 Å². The van der Waals surface area contributed by atoms with Crippen molar-refractivity contribution in [2.24, 2.45) is 0 Å². The summed E-state index contributed by atoms with van der Waals surface area (Å²) in [6, 6.07) is 0.741. The Kier molecular flexibility index (Phi) is 7.49. The van der Waals surface area contributed by atoms with Crippen molar-refractivity contribution in [1.82, 2.24) is 10.2 Å². The van der Waals surface area contributed by atoms with Gasteiger partial charge >= 0.3 is 0 Å². The van der Waals surface area contributed by atoms with Crippen molar-refractivity contribution in [3.05, 3.63) is 0 Å². The summed E-state index contributed by atoms with van der Waals surface area (Å²) in [5.74, 6) is 1.33. The first kappa shape index (κ1) is 13.3. The van der Waals surface area contributed by atoms with Crippen LogP contribution in [0.25, 0.3) is 0 Å². The molecule has 0 amide bonds. The van der Waals surface area contributed by atoms with Crippen LogP contribution in [0.5, 0.6) is 0 Å². The first-order valence-electron chi connectivity index (χ1n) is 6.31. The van der Waals surface area contributed by atoms with E-state index in [1.165, 1.54) is 57.6 Å². The largest absolute Gasteiger partial charge is 0.311 e. The third-order valence-corrected chi connectivity index (χ3v) is 3.85. The van der Waals surface area contributed by atoms with Crippen LogP contribution in [0.1, 0.15) is 32.6 Å². The van der Waals surface area contributed by atoms with E-state index in [0.29, 0.717) is 0 Å². The molecule has 0 aliphatic carbocycles. The molecule has 0 aromatic carbocycles. The average Bonchev–Trinajstić information content (AvgIpc) is 2.29. The maximum absolute atomic E-state index is 3.56. The highest BCUT2D eigenvalue weighted by Gasteiger charge is 2.16. The van der Waals surface area contributed by atoms with Crippen molar-refractivity contribution in [2.45, 2.75) is 38.6 Å². The third-order valence-electron chi connectivity index (χ3n) is 3.16. The first-order valence-corrected chi connectivity index (χ1v) is 7.71. The van der Waals surface area contributed by atoms with Crippen molar-refractivity contribution in [3.8, 4) is 0 Å². The second-order valence-corrected chi connectivity index (χ2v) is 5.40. The van der Waals surface area contributed by atoms with Gasteiger partial charge < -0.3 is 10.2 Å². The van der Waals surface area contributed by atoms with Gasteiger partial charge in [-0.25, -0.2) is 0 Å². The average molecular weight is 230 g/mol. The van der Waals surface area contributed by atoms with Crippen molar-refractivity contribution >= 4 is 11.8 Å². The van der Waals surface area contributed by atoms with Gasteiger partial charge in [0, 0.05) is 25.7 Å². The zero-order chi connectivity index (χ0) is 10.9. The van der Waals surface area contributed by atoms with Crippen molar-refractivity contribution in [3.63, 3.8) is 0 Å². The molecule has 1 aliphatic rings. The predicted octanol–water partition coefficient (Wildman–Crippen LogP) is 2.20. The molecule has 1 aliphatic heterocycles. The molecule has 1 unspecified atom stereocenters. The lowest BCUT2D eigenvalue weighted by atomic mass is 10.1. The quantitative estimate of drug-likeness (QED) is 0.675. The summed E-state index contributed by atoms with van der Waals surface area (Å²) in [4.78, 5) is 2.63. The van der Waals surface area contributed by atoms with Gasteiger partial charge in [0.1, 0.15) is 0 Å². The lowest BCUT2D eigenvalue weighted by molar-refractivity contribution is 0.194. The Balaban J connectivity index is 2.00. The van der Waals surface area contributed by atoms with Gasteiger partial charge in [0.25, 0.3) is 0 Å². The maximum Gasteiger partial charge on any atom is 0.0192 e. The van der Waals surface area contributed by atoms with Crippen molar-refractivity contribution in [2.75, 3.05) is 38.2 Å². The van der Waals surface area contributed by atoms with Gasteiger partial charge in [-0.05, 0) is 37.8 Å². The Morgan fingerprint density at radius 3 is 2.93 bits per heavy atom. The molecule has 2 nitrogen and oxygen atoms in total. The van der Waals surface area contributed by atoms with Gasteiger partial charge in [0.05, 0.1) is 0 Å². The Morgan fingerprint density at radius 2 is 2.20 bits per heavy atom. The van der Waals surface area contributed by atoms with E-state index in [4.69, 9.17) is 0 Å². The number of thioether (sulfide) groups is 1. The fourth-order valence-electron chi connectivity index (χ4n) is 2.13. The lowest BCUT2D eigenvalue weighted by Crippen LogP contribution is -2.50. The molecule has 0 bridgehead atoms. The fourth-order valence-corrected chi connectivity index (χ4v) is 2.62. The predicted molar refractivity (Wildman–Crippen MR) is 70.8 cm³/mol. The number of nitrogens with zero attached hydrogens (tertiary/aromatic N) is 1. The molecule has 0 radical (unpaired) electrons. The van der Waals surface area contributed by atoms with E-state index >= 15 is 0 Å². The van der Waals surface area contributed by atoms with Gasteiger partial charge in [0.2, 0.25) is 0 Å². The van der Waals surface area contributed by atoms with Gasteiger partial charge in [-0.1, -0.05) is 13.3 Å². The molecule has 0 aromatic rings. The number of hydrogen-bond acceptors (Lipinski definition) is 3. The van der Waals surface area contributed by atoms with Crippen LogP contribution in [0.15, 0.2) is 0 Å². The molecule has 1 N–H and O–H groups in total. The smallest absolute Gasteiger partial charge is 0.0192 e. The second-order valence-electron chi connectivity index (χ2n) is 4.41. The van der Waals surface area contributed by atoms with E-state index in [9.17, 15) is 0 Å². The van der Waals surface area contributed by atoms with Crippen LogP contribution in [0.4, 0.5) is 0 Å². The monoisotopic (exact) mass is 230 g/mol. The molecular weight excluding hydrogens is 204 g/mol. The minimum Gasteiger partial charge on any atom is -0.311 e. The van der Waals surface area contributed by atoms with Crippen molar-refractivity contribution in [1.29, 1.82) is 0 Å². The van der Waals surface area contributed by atoms with Crippen LogP contribution >= 0.6 is 11.8 Å². The second kappa shape index (κ2) is 8.43. The summed E-state index contributed by atoms with van der Waals surface area (Å²) in [5, 5.41) is 3.56. The molecule has 1 atom stereocenters. The maximum atomic E-state index is 3.56. The Morgan fingerprint density at radius 1 is 1.33 bits per heavy atom. The van der Waals surface area contributed by atoms with Gasteiger partial charge in [-0.15, -0.1) is 0 Å². The zero-order valence-electron chi connectivity index (χ0n) is 10.3. The highest BCUT2D eigenvalue weighted by molar-refractivity contribution is 7.98. The highest BCUT2D eigenvalue weighted by atomic mass is 32.2. The van der Waals surface area contributed by atoms with E-state index in [-0.39, 0.29) is 0 Å². The molecule has 1 fully saturated rings. The molecule has 0 aromatic heterocycles. The molecule has 1 saturated heterocycles. The summed E-state index contributed by atoms with van der Waals surface area (Å²) in [5.41, 5.74) is 0.